The predicted molar refractivity (Wildman–Crippen MR) is 287 cm³/mol. The van der Waals surface area contributed by atoms with Crippen molar-refractivity contribution in [2.75, 3.05) is 6.61 Å². The number of allylic oxidation sites excluding steroid dienone is 15. The van der Waals surface area contributed by atoms with Gasteiger partial charge in [0.15, 0.2) is 0 Å². The number of esters is 1. The second kappa shape index (κ2) is 52.7. The van der Waals surface area contributed by atoms with E-state index >= 15 is 0 Å². The van der Waals surface area contributed by atoms with Crippen LogP contribution in [0.4, 0.5) is 0 Å². The highest BCUT2D eigenvalue weighted by Gasteiger charge is 2.23. The first-order chi connectivity index (χ1) is 32.5. The Morgan fingerprint density at radius 2 is 0.803 bits per heavy atom. The van der Waals surface area contributed by atoms with E-state index in [9.17, 15) is 19.8 Å². The molecule has 0 saturated carbocycles. The number of aliphatic hydroxyl groups is 2. The highest BCUT2D eigenvalue weighted by Crippen LogP contribution is 2.16. The number of aliphatic hydroxyl groups excluding tert-OH is 2. The van der Waals surface area contributed by atoms with Gasteiger partial charge in [-0.15, -0.1) is 0 Å². The molecule has 0 aliphatic heterocycles. The van der Waals surface area contributed by atoms with E-state index in [4.69, 9.17) is 4.74 Å². The molecule has 0 radical (unpaired) electrons. The molecule has 6 nitrogen and oxygen atoms in total. The van der Waals surface area contributed by atoms with E-state index in [0.717, 1.165) is 83.5 Å². The van der Waals surface area contributed by atoms with Crippen LogP contribution >= 0.6 is 0 Å². The lowest BCUT2D eigenvalue weighted by atomic mass is 10.0. The van der Waals surface area contributed by atoms with Crippen LogP contribution in [0.3, 0.4) is 0 Å². The molecule has 0 aliphatic carbocycles. The molecule has 3 N–H and O–H groups in total. The first-order valence-electron chi connectivity index (χ1n) is 27.5. The number of carbonyl (C=O) groups is 2. The normalized spacial score (nSPS) is 14.0. The number of hydrogen-bond donors (Lipinski definition) is 3. The minimum absolute atomic E-state index is 0.0161. The summed E-state index contributed by atoms with van der Waals surface area (Å²) in [6.45, 7) is 6.39. The van der Waals surface area contributed by atoms with Crippen molar-refractivity contribution in [3.63, 3.8) is 0 Å². The summed E-state index contributed by atoms with van der Waals surface area (Å²) in [5.74, 6) is -0.617. The van der Waals surface area contributed by atoms with Gasteiger partial charge in [-0.2, -0.15) is 0 Å². The zero-order valence-corrected chi connectivity index (χ0v) is 43.0. The van der Waals surface area contributed by atoms with Gasteiger partial charge >= 0.3 is 5.97 Å². The van der Waals surface area contributed by atoms with Gasteiger partial charge in [0.2, 0.25) is 5.91 Å². The summed E-state index contributed by atoms with van der Waals surface area (Å²) in [6.07, 6.45) is 70.5. The third-order valence-electron chi connectivity index (χ3n) is 11.9. The van der Waals surface area contributed by atoms with Crippen LogP contribution in [0.2, 0.25) is 0 Å². The van der Waals surface area contributed by atoms with Crippen LogP contribution in [0.25, 0.3) is 0 Å². The number of carbonyl (C=O) groups excluding carboxylic acids is 2. The van der Waals surface area contributed by atoms with Gasteiger partial charge in [0.05, 0.1) is 25.2 Å². The van der Waals surface area contributed by atoms with Crippen LogP contribution in [-0.2, 0) is 14.3 Å². The zero-order chi connectivity index (χ0) is 48.1. The van der Waals surface area contributed by atoms with E-state index < -0.39 is 18.2 Å². The fourth-order valence-electron chi connectivity index (χ4n) is 7.69. The summed E-state index contributed by atoms with van der Waals surface area (Å²) in [7, 11) is 0. The van der Waals surface area contributed by atoms with Crippen LogP contribution in [-0.4, -0.2) is 46.9 Å². The molecule has 0 aliphatic rings. The standard InChI is InChI=1S/C60H103NO5/c1-4-7-10-13-16-19-22-25-27-28-29-30-32-35-38-41-44-47-50-53-60(65)66-56(51-48-45-42-39-36-34-31-26-23-20-17-14-11-8-5-2)54-59(64)61-57(55-62)58(63)52-49-46-43-40-37-33-24-21-18-15-12-9-6-3/h16-17,19-20,25-27,29-31,35-36,38-39,45,48,56-58,62-63H,4-15,18,21-24,28,32-34,37,40-44,46-47,49-55H2,1-3H3,(H,61,64)/b19-16-,20-17-,27-25-,30-29-,31-26-,38-35-,39-36-,48-45-. The molecule has 0 heterocycles. The Hall–Kier alpha value is -3.22. The van der Waals surface area contributed by atoms with Crippen LogP contribution in [0.15, 0.2) is 97.2 Å². The van der Waals surface area contributed by atoms with Gasteiger partial charge < -0.3 is 20.3 Å². The number of ether oxygens (including phenoxy) is 1. The molecular weight excluding hydrogens is 815 g/mol. The van der Waals surface area contributed by atoms with Crippen molar-refractivity contribution in [3.05, 3.63) is 97.2 Å². The lowest BCUT2D eigenvalue weighted by Gasteiger charge is -2.24. The number of amides is 1. The monoisotopic (exact) mass is 918 g/mol. The number of rotatable bonds is 48. The minimum Gasteiger partial charge on any atom is -0.461 e. The molecule has 0 bridgehead atoms. The van der Waals surface area contributed by atoms with Crippen LogP contribution in [0.1, 0.15) is 245 Å². The van der Waals surface area contributed by atoms with Gasteiger partial charge in [0.1, 0.15) is 6.10 Å². The van der Waals surface area contributed by atoms with Gasteiger partial charge in [0, 0.05) is 12.8 Å². The van der Waals surface area contributed by atoms with E-state index in [2.05, 4.69) is 111 Å². The van der Waals surface area contributed by atoms with Crippen LogP contribution in [0, 0.1) is 0 Å². The summed E-state index contributed by atoms with van der Waals surface area (Å²) in [5.41, 5.74) is 0. The predicted octanol–water partition coefficient (Wildman–Crippen LogP) is 16.9. The summed E-state index contributed by atoms with van der Waals surface area (Å²) in [6, 6.07) is -0.743. The molecule has 378 valence electrons. The van der Waals surface area contributed by atoms with E-state index in [-0.39, 0.29) is 24.9 Å². The second-order valence-electron chi connectivity index (χ2n) is 18.3. The van der Waals surface area contributed by atoms with E-state index in [0.29, 0.717) is 19.3 Å². The third-order valence-corrected chi connectivity index (χ3v) is 11.9. The van der Waals surface area contributed by atoms with E-state index in [1.54, 1.807) is 0 Å². The van der Waals surface area contributed by atoms with Gasteiger partial charge in [-0.25, -0.2) is 0 Å². The molecule has 0 aromatic carbocycles. The summed E-state index contributed by atoms with van der Waals surface area (Å²) < 4.78 is 5.87. The average Bonchev–Trinajstić information content (AvgIpc) is 3.31. The van der Waals surface area contributed by atoms with Crippen LogP contribution in [0.5, 0.6) is 0 Å². The first-order valence-corrected chi connectivity index (χ1v) is 27.5. The maximum atomic E-state index is 13.2. The molecule has 0 spiro atoms. The Balaban J connectivity index is 4.76. The van der Waals surface area contributed by atoms with Crippen molar-refractivity contribution < 1.29 is 24.5 Å². The van der Waals surface area contributed by atoms with Crippen molar-refractivity contribution in [3.8, 4) is 0 Å². The fourth-order valence-corrected chi connectivity index (χ4v) is 7.69. The summed E-state index contributed by atoms with van der Waals surface area (Å²) in [4.78, 5) is 26.2. The highest BCUT2D eigenvalue weighted by molar-refractivity contribution is 5.77. The topological polar surface area (TPSA) is 95.9 Å². The Morgan fingerprint density at radius 3 is 1.23 bits per heavy atom. The van der Waals surface area contributed by atoms with Crippen LogP contribution < -0.4 is 5.32 Å². The second-order valence-corrected chi connectivity index (χ2v) is 18.3. The van der Waals surface area contributed by atoms with Crippen molar-refractivity contribution in [2.45, 2.75) is 264 Å². The summed E-state index contributed by atoms with van der Waals surface area (Å²) in [5, 5.41) is 23.8. The average molecular weight is 918 g/mol. The maximum Gasteiger partial charge on any atom is 0.306 e. The van der Waals surface area contributed by atoms with Gasteiger partial charge in [-0.1, -0.05) is 234 Å². The SMILES string of the molecule is CCCCC/C=C\C/C=C\C/C=C\C/C=C\CCCCCC(=O)OC(C/C=C\C/C=C\C/C=C\C/C=C\CCCCC)CC(=O)NC(CO)C(O)CCCCCCCCCCCCCCC. The largest absolute Gasteiger partial charge is 0.461 e. The number of hydrogen-bond acceptors (Lipinski definition) is 5. The highest BCUT2D eigenvalue weighted by atomic mass is 16.5. The molecule has 0 fully saturated rings. The lowest BCUT2D eigenvalue weighted by molar-refractivity contribution is -0.150. The molecule has 3 atom stereocenters. The van der Waals surface area contributed by atoms with Crippen molar-refractivity contribution >= 4 is 11.9 Å². The lowest BCUT2D eigenvalue weighted by Crippen LogP contribution is -2.46. The zero-order valence-electron chi connectivity index (χ0n) is 43.0. The Labute approximate surface area is 407 Å². The van der Waals surface area contributed by atoms with Gasteiger partial charge in [-0.3, -0.25) is 9.59 Å². The Kier molecular flexibility index (Phi) is 50.2. The Bertz CT molecular complexity index is 1310. The molecular formula is C60H103NO5. The summed E-state index contributed by atoms with van der Waals surface area (Å²) >= 11 is 0. The van der Waals surface area contributed by atoms with Crippen molar-refractivity contribution in [1.82, 2.24) is 5.32 Å². The molecule has 0 saturated heterocycles. The molecule has 66 heavy (non-hydrogen) atoms. The minimum atomic E-state index is -0.822. The van der Waals surface area contributed by atoms with Gasteiger partial charge in [0.25, 0.3) is 0 Å². The van der Waals surface area contributed by atoms with Crippen molar-refractivity contribution in [2.24, 2.45) is 0 Å². The van der Waals surface area contributed by atoms with E-state index in [1.165, 1.54) is 116 Å². The molecule has 0 aromatic rings. The fraction of sp³-hybridized carbons (Fsp3) is 0.700. The quantitative estimate of drug-likeness (QED) is 0.0321. The van der Waals surface area contributed by atoms with Gasteiger partial charge in [-0.05, 0) is 89.9 Å². The number of nitrogens with one attached hydrogen (secondary N) is 1. The van der Waals surface area contributed by atoms with E-state index in [1.807, 2.05) is 12.2 Å². The third kappa shape index (κ3) is 47.3. The molecule has 0 rings (SSSR count). The van der Waals surface area contributed by atoms with Crippen molar-refractivity contribution in [1.29, 1.82) is 0 Å². The molecule has 0 aromatic heterocycles. The maximum absolute atomic E-state index is 13.2. The Morgan fingerprint density at radius 1 is 0.455 bits per heavy atom. The smallest absolute Gasteiger partial charge is 0.306 e. The molecule has 3 unspecified atom stereocenters. The number of unbranched alkanes of at least 4 members (excludes halogenated alkanes) is 21. The molecule has 6 heteroatoms. The molecule has 1 amide bonds. The first kappa shape index (κ1) is 62.8.